The van der Waals surface area contributed by atoms with Crippen LogP contribution in [0.5, 0.6) is 0 Å². The van der Waals surface area contributed by atoms with Gasteiger partial charge in [0.05, 0.1) is 22.3 Å². The summed E-state index contributed by atoms with van der Waals surface area (Å²) in [5.41, 5.74) is -0.617. The Bertz CT molecular complexity index is 1390. The summed E-state index contributed by atoms with van der Waals surface area (Å²) < 4.78 is 19.7. The molecule has 40 heavy (non-hydrogen) atoms. The highest BCUT2D eigenvalue weighted by Gasteiger charge is 2.22. The Morgan fingerprint density at radius 2 is 0.950 bits per heavy atom. The number of esters is 4. The topological polar surface area (TPSA) is 180 Å². The molecule has 0 saturated carbocycles. The van der Waals surface area contributed by atoms with Crippen LogP contribution in [0.2, 0.25) is 0 Å². The SMILES string of the molecule is C=C(C)C(=O)OCCOC(=O)c1ccc(-c2ccc(C(=O)O)c(C(=O)OCCOC(=O)C(=C)C)c2)cc1C(=O)O. The van der Waals surface area contributed by atoms with Gasteiger partial charge in [-0.2, -0.15) is 0 Å². The Labute approximate surface area is 228 Å². The standard InChI is InChI=1S/C28H26O12/c1-15(2)25(33)37-9-11-39-27(35)20-8-6-17(13-21(20)24(31)32)18-5-7-19(23(29)30)22(14-18)28(36)40-12-10-38-26(34)16(3)4/h5-8,13-14H,1,3,9-12H2,2,4H3,(H,29,30)(H,31,32). The minimum atomic E-state index is -1.45. The molecule has 0 atom stereocenters. The van der Waals surface area contributed by atoms with Gasteiger partial charge in [-0.3, -0.25) is 0 Å². The van der Waals surface area contributed by atoms with Crippen molar-refractivity contribution in [3.63, 3.8) is 0 Å². The van der Waals surface area contributed by atoms with Crippen LogP contribution < -0.4 is 0 Å². The highest BCUT2D eigenvalue weighted by atomic mass is 16.6. The van der Waals surface area contributed by atoms with Crippen LogP contribution in [0.25, 0.3) is 11.1 Å². The first kappa shape index (κ1) is 31.0. The van der Waals surface area contributed by atoms with Gasteiger partial charge >= 0.3 is 35.8 Å². The van der Waals surface area contributed by atoms with Gasteiger partial charge in [-0.05, 0) is 49.2 Å². The lowest BCUT2D eigenvalue weighted by Crippen LogP contribution is -2.17. The largest absolute Gasteiger partial charge is 0.478 e. The third-order valence-electron chi connectivity index (χ3n) is 5.07. The van der Waals surface area contributed by atoms with E-state index in [-0.39, 0.29) is 65.4 Å². The van der Waals surface area contributed by atoms with Crippen molar-refractivity contribution < 1.29 is 57.9 Å². The van der Waals surface area contributed by atoms with E-state index in [0.717, 1.165) is 12.1 Å². The van der Waals surface area contributed by atoms with Crippen molar-refractivity contribution in [1.82, 2.24) is 0 Å². The highest BCUT2D eigenvalue weighted by molar-refractivity contribution is 6.05. The highest BCUT2D eigenvalue weighted by Crippen LogP contribution is 2.26. The second-order valence-electron chi connectivity index (χ2n) is 8.24. The molecule has 0 aliphatic rings. The summed E-state index contributed by atoms with van der Waals surface area (Å²) in [6.45, 7) is 8.49. The Hall–Kier alpha value is -5.26. The zero-order valence-corrected chi connectivity index (χ0v) is 21.7. The van der Waals surface area contributed by atoms with E-state index in [2.05, 4.69) is 13.2 Å². The molecular weight excluding hydrogens is 528 g/mol. The Kier molecular flexibility index (Phi) is 10.9. The van der Waals surface area contributed by atoms with E-state index in [1.807, 2.05) is 0 Å². The molecule has 2 aromatic carbocycles. The smallest absolute Gasteiger partial charge is 0.339 e. The number of rotatable bonds is 13. The van der Waals surface area contributed by atoms with Crippen LogP contribution in [0.15, 0.2) is 60.7 Å². The van der Waals surface area contributed by atoms with Crippen molar-refractivity contribution in [3.8, 4) is 11.1 Å². The number of ether oxygens (including phenoxy) is 4. The van der Waals surface area contributed by atoms with Crippen LogP contribution in [0.4, 0.5) is 0 Å². The molecule has 0 aliphatic heterocycles. The van der Waals surface area contributed by atoms with Crippen molar-refractivity contribution in [2.45, 2.75) is 13.8 Å². The van der Waals surface area contributed by atoms with Gasteiger partial charge in [-0.15, -0.1) is 0 Å². The van der Waals surface area contributed by atoms with Gasteiger partial charge in [0, 0.05) is 11.1 Å². The van der Waals surface area contributed by atoms with Gasteiger partial charge in [-0.1, -0.05) is 25.3 Å². The summed E-state index contributed by atoms with van der Waals surface area (Å²) in [6, 6.07) is 7.42. The summed E-state index contributed by atoms with van der Waals surface area (Å²) >= 11 is 0. The number of benzene rings is 2. The Balaban J connectivity index is 2.25. The molecule has 2 aromatic rings. The third-order valence-corrected chi connectivity index (χ3v) is 5.07. The Morgan fingerprint density at radius 3 is 1.38 bits per heavy atom. The van der Waals surface area contributed by atoms with Crippen LogP contribution in [0, 0.1) is 0 Å². The molecule has 0 aliphatic carbocycles. The molecule has 0 fully saturated rings. The van der Waals surface area contributed by atoms with E-state index in [1.165, 1.54) is 38.1 Å². The van der Waals surface area contributed by atoms with E-state index in [0.29, 0.717) is 0 Å². The summed E-state index contributed by atoms with van der Waals surface area (Å²) in [7, 11) is 0. The first-order valence-corrected chi connectivity index (χ1v) is 11.6. The van der Waals surface area contributed by atoms with Crippen molar-refractivity contribution in [2.75, 3.05) is 26.4 Å². The first-order chi connectivity index (χ1) is 18.8. The molecule has 2 rings (SSSR count). The Morgan fingerprint density at radius 1 is 0.575 bits per heavy atom. The molecule has 210 valence electrons. The summed E-state index contributed by atoms with van der Waals surface area (Å²) in [5.74, 6) is -6.21. The average molecular weight is 555 g/mol. The van der Waals surface area contributed by atoms with E-state index in [9.17, 15) is 39.0 Å². The van der Waals surface area contributed by atoms with E-state index >= 15 is 0 Å². The maximum Gasteiger partial charge on any atom is 0.339 e. The summed E-state index contributed by atoms with van der Waals surface area (Å²) in [5, 5.41) is 19.2. The first-order valence-electron chi connectivity index (χ1n) is 11.6. The molecule has 0 amide bonds. The fourth-order valence-corrected chi connectivity index (χ4v) is 3.10. The molecule has 0 radical (unpaired) electrons. The number of carbonyl (C=O) groups excluding carboxylic acids is 4. The summed E-state index contributed by atoms with van der Waals surface area (Å²) in [6.07, 6.45) is 0. The minimum absolute atomic E-state index is 0.149. The minimum Gasteiger partial charge on any atom is -0.478 e. The maximum absolute atomic E-state index is 12.6. The second-order valence-corrected chi connectivity index (χ2v) is 8.24. The van der Waals surface area contributed by atoms with Gasteiger partial charge < -0.3 is 29.2 Å². The van der Waals surface area contributed by atoms with Crippen LogP contribution in [0.1, 0.15) is 55.3 Å². The maximum atomic E-state index is 12.6. The lowest BCUT2D eigenvalue weighted by molar-refractivity contribution is -0.140. The van der Waals surface area contributed by atoms with Gasteiger partial charge in [0.2, 0.25) is 0 Å². The quantitative estimate of drug-likeness (QED) is 0.160. The number of carbonyl (C=O) groups is 6. The number of aromatic carboxylic acids is 2. The average Bonchev–Trinajstić information content (AvgIpc) is 2.91. The fraction of sp³-hybridized carbons (Fsp3) is 0.214. The number of carboxylic acid groups (broad SMARTS) is 2. The molecule has 0 unspecified atom stereocenters. The van der Waals surface area contributed by atoms with Gasteiger partial charge in [0.1, 0.15) is 26.4 Å². The fourth-order valence-electron chi connectivity index (χ4n) is 3.10. The van der Waals surface area contributed by atoms with E-state index in [4.69, 9.17) is 18.9 Å². The van der Waals surface area contributed by atoms with Gasteiger partial charge in [-0.25, -0.2) is 28.8 Å². The molecule has 0 spiro atoms. The molecular formula is C28H26O12. The number of hydrogen-bond donors (Lipinski definition) is 2. The second kappa shape index (κ2) is 14.0. The number of hydrogen-bond acceptors (Lipinski definition) is 10. The lowest BCUT2D eigenvalue weighted by atomic mass is 9.96. The van der Waals surface area contributed by atoms with Gasteiger partial charge in [0.15, 0.2) is 0 Å². The third kappa shape index (κ3) is 8.38. The van der Waals surface area contributed by atoms with Crippen LogP contribution in [0.3, 0.4) is 0 Å². The molecule has 0 heterocycles. The lowest BCUT2D eigenvalue weighted by Gasteiger charge is -2.12. The van der Waals surface area contributed by atoms with Crippen molar-refractivity contribution >= 4 is 35.8 Å². The predicted octanol–water partition coefficient (Wildman–Crippen LogP) is 3.30. The van der Waals surface area contributed by atoms with Gasteiger partial charge in [0.25, 0.3) is 0 Å². The zero-order chi connectivity index (χ0) is 30.0. The van der Waals surface area contributed by atoms with Crippen LogP contribution in [-0.2, 0) is 28.5 Å². The number of carboxylic acids is 2. The van der Waals surface area contributed by atoms with Crippen LogP contribution in [-0.4, -0.2) is 72.5 Å². The summed E-state index contributed by atoms with van der Waals surface area (Å²) in [4.78, 5) is 71.4. The van der Waals surface area contributed by atoms with E-state index < -0.39 is 41.4 Å². The van der Waals surface area contributed by atoms with Crippen LogP contribution >= 0.6 is 0 Å². The molecule has 0 aromatic heterocycles. The van der Waals surface area contributed by atoms with Crippen molar-refractivity contribution in [2.24, 2.45) is 0 Å². The van der Waals surface area contributed by atoms with Crippen molar-refractivity contribution in [3.05, 3.63) is 83.0 Å². The molecule has 2 N–H and O–H groups in total. The van der Waals surface area contributed by atoms with E-state index in [1.54, 1.807) is 0 Å². The van der Waals surface area contributed by atoms with Crippen molar-refractivity contribution in [1.29, 1.82) is 0 Å². The zero-order valence-electron chi connectivity index (χ0n) is 21.7. The molecule has 0 bridgehead atoms. The molecule has 12 nitrogen and oxygen atoms in total. The molecule has 12 heteroatoms. The monoisotopic (exact) mass is 554 g/mol. The predicted molar refractivity (Wildman–Crippen MR) is 138 cm³/mol. The molecule has 0 saturated heterocycles. The normalized spacial score (nSPS) is 10.2.